The number of aliphatic hydroxyl groups excluding tert-OH is 1. The van der Waals surface area contributed by atoms with Gasteiger partial charge < -0.3 is 14.9 Å². The maximum Gasteiger partial charge on any atom is 0.303 e. The zero-order valence-electron chi connectivity index (χ0n) is 9.72. The van der Waals surface area contributed by atoms with Gasteiger partial charge in [0.2, 0.25) is 0 Å². The quantitative estimate of drug-likeness (QED) is 0.838. The molecule has 2 unspecified atom stereocenters. The number of hydrogen-bond acceptors (Lipinski definition) is 3. The number of aliphatic hydroxyl groups is 1. The highest BCUT2D eigenvalue weighted by Gasteiger charge is 2.20. The van der Waals surface area contributed by atoms with Gasteiger partial charge in [-0.25, -0.2) is 0 Å². The summed E-state index contributed by atoms with van der Waals surface area (Å²) < 4.78 is 5.56. The SMILES string of the molecule is CC1Cc2cc(C(O)CCC(=O)O)ccc2O1. The maximum atomic E-state index is 10.4. The standard InChI is InChI=1S/C13H16O4/c1-8-6-10-7-9(2-4-12(10)17-8)11(14)3-5-13(15)16/h2,4,7-8,11,14H,3,5-6H2,1H3,(H,15,16). The summed E-state index contributed by atoms with van der Waals surface area (Å²) in [6, 6.07) is 5.55. The highest BCUT2D eigenvalue weighted by atomic mass is 16.5. The van der Waals surface area contributed by atoms with Gasteiger partial charge in [0.15, 0.2) is 0 Å². The summed E-state index contributed by atoms with van der Waals surface area (Å²) in [5.74, 6) is -0.0196. The monoisotopic (exact) mass is 236 g/mol. The normalized spacial score (nSPS) is 19.5. The Hall–Kier alpha value is -1.55. The number of hydrogen-bond donors (Lipinski definition) is 2. The van der Waals surface area contributed by atoms with Crippen molar-refractivity contribution in [2.24, 2.45) is 0 Å². The summed E-state index contributed by atoms with van der Waals surface area (Å²) in [6.45, 7) is 2.00. The van der Waals surface area contributed by atoms with Crippen LogP contribution in [0.4, 0.5) is 0 Å². The molecule has 2 N–H and O–H groups in total. The number of carboxylic acids is 1. The second-order valence-corrected chi connectivity index (χ2v) is 4.45. The minimum absolute atomic E-state index is 0.0227. The Kier molecular flexibility index (Phi) is 3.33. The van der Waals surface area contributed by atoms with E-state index in [0.29, 0.717) is 0 Å². The summed E-state index contributed by atoms with van der Waals surface area (Å²) in [5, 5.41) is 18.4. The van der Waals surface area contributed by atoms with Gasteiger partial charge >= 0.3 is 5.97 Å². The van der Waals surface area contributed by atoms with Gasteiger partial charge in [0, 0.05) is 12.8 Å². The van der Waals surface area contributed by atoms with Gasteiger partial charge in [-0.1, -0.05) is 6.07 Å². The summed E-state index contributed by atoms with van der Waals surface area (Å²) >= 11 is 0. The van der Waals surface area contributed by atoms with Gasteiger partial charge in [-0.3, -0.25) is 4.79 Å². The topological polar surface area (TPSA) is 66.8 Å². The van der Waals surface area contributed by atoms with Crippen LogP contribution < -0.4 is 4.74 Å². The number of benzene rings is 1. The fraction of sp³-hybridized carbons (Fsp3) is 0.462. The number of aliphatic carboxylic acids is 1. The molecule has 0 bridgehead atoms. The molecule has 0 saturated carbocycles. The lowest BCUT2D eigenvalue weighted by Gasteiger charge is -2.10. The molecule has 2 atom stereocenters. The van der Waals surface area contributed by atoms with E-state index < -0.39 is 12.1 Å². The molecule has 4 nitrogen and oxygen atoms in total. The van der Waals surface area contributed by atoms with Crippen LogP contribution in [0, 0.1) is 0 Å². The Morgan fingerprint density at radius 3 is 3.06 bits per heavy atom. The second-order valence-electron chi connectivity index (χ2n) is 4.45. The van der Waals surface area contributed by atoms with E-state index in [2.05, 4.69) is 0 Å². The third kappa shape index (κ3) is 2.77. The molecule has 0 radical (unpaired) electrons. The van der Waals surface area contributed by atoms with Crippen LogP contribution in [0.15, 0.2) is 18.2 Å². The van der Waals surface area contributed by atoms with Crippen molar-refractivity contribution >= 4 is 5.97 Å². The van der Waals surface area contributed by atoms with Crippen LogP contribution in [0.2, 0.25) is 0 Å². The number of carboxylic acid groups (broad SMARTS) is 1. The first-order valence-corrected chi connectivity index (χ1v) is 5.75. The van der Waals surface area contributed by atoms with Crippen molar-refractivity contribution < 1.29 is 19.7 Å². The van der Waals surface area contributed by atoms with Crippen molar-refractivity contribution in [1.29, 1.82) is 0 Å². The van der Waals surface area contributed by atoms with Gasteiger partial charge in [-0.2, -0.15) is 0 Å². The Labute approximate surface area is 99.8 Å². The van der Waals surface area contributed by atoms with Crippen molar-refractivity contribution in [3.63, 3.8) is 0 Å². The molecule has 1 aromatic carbocycles. The molecule has 17 heavy (non-hydrogen) atoms. The van der Waals surface area contributed by atoms with Crippen LogP contribution in [0.1, 0.15) is 37.0 Å². The minimum atomic E-state index is -0.887. The molecule has 1 aromatic rings. The molecule has 1 aliphatic rings. The van der Waals surface area contributed by atoms with Crippen molar-refractivity contribution in [3.8, 4) is 5.75 Å². The average Bonchev–Trinajstić information content (AvgIpc) is 2.64. The molecular formula is C13H16O4. The molecule has 4 heteroatoms. The number of fused-ring (bicyclic) bond motifs is 1. The van der Waals surface area contributed by atoms with E-state index in [1.165, 1.54) is 0 Å². The van der Waals surface area contributed by atoms with Gasteiger partial charge in [0.1, 0.15) is 11.9 Å². The first-order valence-electron chi connectivity index (χ1n) is 5.75. The molecule has 0 aromatic heterocycles. The first kappa shape index (κ1) is 11.9. The Morgan fingerprint density at radius 1 is 1.59 bits per heavy atom. The van der Waals surface area contributed by atoms with Crippen LogP contribution in [0.5, 0.6) is 5.75 Å². The van der Waals surface area contributed by atoms with Crippen molar-refractivity contribution in [3.05, 3.63) is 29.3 Å². The number of ether oxygens (including phenoxy) is 1. The van der Waals surface area contributed by atoms with Gasteiger partial charge in [0.25, 0.3) is 0 Å². The van der Waals surface area contributed by atoms with Crippen LogP contribution in [-0.2, 0) is 11.2 Å². The van der Waals surface area contributed by atoms with E-state index >= 15 is 0 Å². The van der Waals surface area contributed by atoms with Crippen LogP contribution in [0.3, 0.4) is 0 Å². The average molecular weight is 236 g/mol. The van der Waals surface area contributed by atoms with Gasteiger partial charge in [0.05, 0.1) is 6.10 Å². The highest BCUT2D eigenvalue weighted by Crippen LogP contribution is 2.31. The van der Waals surface area contributed by atoms with E-state index in [4.69, 9.17) is 9.84 Å². The summed E-state index contributed by atoms with van der Waals surface area (Å²) in [5.41, 5.74) is 1.85. The highest BCUT2D eigenvalue weighted by molar-refractivity contribution is 5.66. The summed E-state index contributed by atoms with van der Waals surface area (Å²) in [4.78, 5) is 10.4. The third-order valence-electron chi connectivity index (χ3n) is 2.94. The van der Waals surface area contributed by atoms with E-state index in [1.807, 2.05) is 19.1 Å². The number of carbonyl (C=O) groups is 1. The number of rotatable bonds is 4. The van der Waals surface area contributed by atoms with E-state index in [9.17, 15) is 9.90 Å². The lowest BCUT2D eigenvalue weighted by molar-refractivity contribution is -0.137. The Morgan fingerprint density at radius 2 is 2.35 bits per heavy atom. The van der Waals surface area contributed by atoms with Crippen molar-refractivity contribution in [2.75, 3.05) is 0 Å². The largest absolute Gasteiger partial charge is 0.490 e. The molecule has 0 spiro atoms. The van der Waals surface area contributed by atoms with Crippen LogP contribution in [0.25, 0.3) is 0 Å². The smallest absolute Gasteiger partial charge is 0.303 e. The zero-order valence-corrected chi connectivity index (χ0v) is 9.72. The predicted molar refractivity (Wildman–Crippen MR) is 62.1 cm³/mol. The Balaban J connectivity index is 2.07. The van der Waals surface area contributed by atoms with Crippen LogP contribution >= 0.6 is 0 Å². The molecular weight excluding hydrogens is 220 g/mol. The lowest BCUT2D eigenvalue weighted by atomic mass is 10.0. The molecule has 0 amide bonds. The molecule has 92 valence electrons. The zero-order chi connectivity index (χ0) is 12.4. The first-order chi connectivity index (χ1) is 8.06. The van der Waals surface area contributed by atoms with Gasteiger partial charge in [-0.05, 0) is 36.6 Å². The lowest BCUT2D eigenvalue weighted by Crippen LogP contribution is -2.05. The van der Waals surface area contributed by atoms with Crippen molar-refractivity contribution in [1.82, 2.24) is 0 Å². The Bertz CT molecular complexity index is 427. The predicted octanol–water partition coefficient (Wildman–Crippen LogP) is 1.91. The maximum absolute atomic E-state index is 10.4. The van der Waals surface area contributed by atoms with Crippen molar-refractivity contribution in [2.45, 2.75) is 38.4 Å². The molecule has 2 rings (SSSR count). The molecule has 1 aliphatic heterocycles. The fourth-order valence-electron chi connectivity index (χ4n) is 2.08. The third-order valence-corrected chi connectivity index (χ3v) is 2.94. The van der Waals surface area contributed by atoms with Gasteiger partial charge in [-0.15, -0.1) is 0 Å². The second kappa shape index (κ2) is 4.75. The fourth-order valence-corrected chi connectivity index (χ4v) is 2.08. The molecule has 1 heterocycles. The van der Waals surface area contributed by atoms with Crippen LogP contribution in [-0.4, -0.2) is 22.3 Å². The summed E-state index contributed by atoms with van der Waals surface area (Å²) in [6.07, 6.45) is 0.522. The van der Waals surface area contributed by atoms with E-state index in [0.717, 1.165) is 23.3 Å². The molecule has 0 aliphatic carbocycles. The van der Waals surface area contributed by atoms with E-state index in [-0.39, 0.29) is 18.9 Å². The van der Waals surface area contributed by atoms with E-state index in [1.54, 1.807) is 6.07 Å². The molecule has 0 saturated heterocycles. The molecule has 0 fully saturated rings. The summed E-state index contributed by atoms with van der Waals surface area (Å²) in [7, 11) is 0. The minimum Gasteiger partial charge on any atom is -0.490 e.